The molecule has 7 nitrogen and oxygen atoms in total. The third-order valence-corrected chi connectivity index (χ3v) is 6.56. The number of hydrogen-bond donors (Lipinski definition) is 1. The average Bonchev–Trinajstić information content (AvgIpc) is 3.45. The van der Waals surface area contributed by atoms with E-state index in [9.17, 15) is 18.8 Å². The van der Waals surface area contributed by atoms with Gasteiger partial charge in [-0.15, -0.1) is 0 Å². The van der Waals surface area contributed by atoms with Crippen molar-refractivity contribution < 1.29 is 18.4 Å². The van der Waals surface area contributed by atoms with Crippen molar-refractivity contribution in [3.63, 3.8) is 0 Å². The lowest BCUT2D eigenvalue weighted by atomic mass is 10.1. The topological polar surface area (TPSA) is 94.2 Å². The molecule has 184 valence electrons. The number of halogens is 1. The Morgan fingerprint density at radius 2 is 1.73 bits per heavy atom. The molecule has 37 heavy (non-hydrogen) atoms. The number of benzene rings is 3. The molecular weight excluding hydrogens is 493 g/mol. The first-order valence-corrected chi connectivity index (χ1v) is 12.3. The van der Waals surface area contributed by atoms with E-state index < -0.39 is 11.4 Å². The lowest BCUT2D eigenvalue weighted by Gasteiger charge is -2.14. The summed E-state index contributed by atoms with van der Waals surface area (Å²) in [7, 11) is 0. The number of carbonyl (C=O) groups excluding carboxylic acids is 2. The van der Waals surface area contributed by atoms with Crippen LogP contribution in [0.3, 0.4) is 0 Å². The van der Waals surface area contributed by atoms with Gasteiger partial charge in [0.25, 0.3) is 11.5 Å². The quantitative estimate of drug-likeness (QED) is 0.178. The predicted molar refractivity (Wildman–Crippen MR) is 139 cm³/mol. The fraction of sp³-hybridized carbons (Fsp3) is 0.0714. The number of ketones is 1. The number of aromatic nitrogens is 2. The standard InChI is InChI=1S/C28H20FN3O4S/c29-20-9-11-21(12-10-20)32-27(35)23-13-8-19(26(34)30-16-22-7-4-14-36-22)15-24(23)31-28(32)37-17-25(33)18-5-2-1-3-6-18/h1-15H,16-17H2,(H,30,34). The number of thioether (sulfide) groups is 1. The molecule has 9 heteroatoms. The molecule has 0 aliphatic carbocycles. The van der Waals surface area contributed by atoms with Crippen LogP contribution in [0.2, 0.25) is 0 Å². The molecule has 0 atom stereocenters. The number of amides is 1. The minimum Gasteiger partial charge on any atom is -0.467 e. The van der Waals surface area contributed by atoms with Crippen molar-refractivity contribution in [2.24, 2.45) is 0 Å². The Hall–Kier alpha value is -4.50. The Morgan fingerprint density at radius 1 is 0.946 bits per heavy atom. The van der Waals surface area contributed by atoms with Gasteiger partial charge in [0.15, 0.2) is 10.9 Å². The fourth-order valence-corrected chi connectivity index (χ4v) is 4.65. The van der Waals surface area contributed by atoms with Crippen LogP contribution >= 0.6 is 11.8 Å². The molecule has 0 fully saturated rings. The van der Waals surface area contributed by atoms with Crippen LogP contribution in [-0.4, -0.2) is 27.0 Å². The molecule has 0 radical (unpaired) electrons. The number of nitrogens with zero attached hydrogens (tertiary/aromatic N) is 2. The maximum absolute atomic E-state index is 13.6. The first kappa shape index (κ1) is 24.2. The van der Waals surface area contributed by atoms with E-state index in [-0.39, 0.29) is 34.5 Å². The maximum atomic E-state index is 13.6. The average molecular weight is 514 g/mol. The van der Waals surface area contributed by atoms with Crippen molar-refractivity contribution in [1.29, 1.82) is 0 Å². The number of nitrogens with one attached hydrogen (secondary N) is 1. The summed E-state index contributed by atoms with van der Waals surface area (Å²) in [5.41, 5.74) is 1.19. The zero-order valence-electron chi connectivity index (χ0n) is 19.4. The fourth-order valence-electron chi connectivity index (χ4n) is 3.74. The van der Waals surface area contributed by atoms with Crippen LogP contribution in [0.15, 0.2) is 106 Å². The van der Waals surface area contributed by atoms with Gasteiger partial charge in [0.1, 0.15) is 11.6 Å². The molecule has 2 heterocycles. The van der Waals surface area contributed by atoms with Gasteiger partial charge >= 0.3 is 0 Å². The molecule has 0 unspecified atom stereocenters. The number of rotatable bonds is 8. The monoisotopic (exact) mass is 513 g/mol. The summed E-state index contributed by atoms with van der Waals surface area (Å²) in [6, 6.07) is 22.4. The van der Waals surface area contributed by atoms with Crippen LogP contribution in [0.25, 0.3) is 16.6 Å². The predicted octanol–water partition coefficient (Wildman–Crippen LogP) is 5.02. The summed E-state index contributed by atoms with van der Waals surface area (Å²) >= 11 is 1.10. The van der Waals surface area contributed by atoms with Gasteiger partial charge in [0.2, 0.25) is 0 Å². The van der Waals surface area contributed by atoms with E-state index in [0.717, 1.165) is 11.8 Å². The highest BCUT2D eigenvalue weighted by Gasteiger charge is 2.17. The highest BCUT2D eigenvalue weighted by Crippen LogP contribution is 2.23. The minimum absolute atomic E-state index is 0.0342. The summed E-state index contributed by atoms with van der Waals surface area (Å²) in [5.74, 6) is -0.278. The molecule has 0 bridgehead atoms. The van der Waals surface area contributed by atoms with Crippen LogP contribution in [-0.2, 0) is 6.54 Å². The van der Waals surface area contributed by atoms with E-state index in [1.54, 1.807) is 42.5 Å². The SMILES string of the molecule is O=C(CSc1nc2cc(C(=O)NCc3ccco3)ccc2c(=O)n1-c1ccc(F)cc1)c1ccccc1. The van der Waals surface area contributed by atoms with E-state index >= 15 is 0 Å². The van der Waals surface area contributed by atoms with Crippen LogP contribution in [0.5, 0.6) is 0 Å². The van der Waals surface area contributed by atoms with E-state index in [1.807, 2.05) is 6.07 Å². The van der Waals surface area contributed by atoms with E-state index in [0.29, 0.717) is 28.1 Å². The Kier molecular flexibility index (Phi) is 6.96. The highest BCUT2D eigenvalue weighted by molar-refractivity contribution is 7.99. The Balaban J connectivity index is 1.51. The van der Waals surface area contributed by atoms with E-state index in [1.165, 1.54) is 47.2 Å². The van der Waals surface area contributed by atoms with Crippen molar-refractivity contribution in [3.8, 4) is 5.69 Å². The molecule has 0 aliphatic heterocycles. The second kappa shape index (κ2) is 10.6. The van der Waals surface area contributed by atoms with Gasteiger partial charge < -0.3 is 9.73 Å². The first-order chi connectivity index (χ1) is 18.0. The number of carbonyl (C=O) groups is 2. The van der Waals surface area contributed by atoms with Crippen LogP contribution in [0, 0.1) is 5.82 Å². The van der Waals surface area contributed by atoms with Crippen molar-refractivity contribution >= 4 is 34.4 Å². The Labute approximate surface area is 215 Å². The lowest BCUT2D eigenvalue weighted by molar-refractivity contribution is 0.0947. The molecule has 0 aliphatic rings. The second-order valence-electron chi connectivity index (χ2n) is 8.08. The highest BCUT2D eigenvalue weighted by atomic mass is 32.2. The molecule has 5 aromatic rings. The van der Waals surface area contributed by atoms with Gasteiger partial charge in [-0.25, -0.2) is 9.37 Å². The number of fused-ring (bicyclic) bond motifs is 1. The first-order valence-electron chi connectivity index (χ1n) is 11.3. The number of furan rings is 1. The van der Waals surface area contributed by atoms with E-state index in [2.05, 4.69) is 10.3 Å². The largest absolute Gasteiger partial charge is 0.467 e. The molecule has 1 N–H and O–H groups in total. The van der Waals surface area contributed by atoms with Crippen molar-refractivity contribution in [2.45, 2.75) is 11.7 Å². The van der Waals surface area contributed by atoms with Gasteiger partial charge in [-0.3, -0.25) is 19.0 Å². The molecule has 2 aromatic heterocycles. The molecule has 3 aromatic carbocycles. The second-order valence-corrected chi connectivity index (χ2v) is 9.03. The van der Waals surface area contributed by atoms with E-state index in [4.69, 9.17) is 4.42 Å². The summed E-state index contributed by atoms with van der Waals surface area (Å²) in [6.45, 7) is 0.214. The van der Waals surface area contributed by atoms with Crippen LogP contribution in [0.1, 0.15) is 26.5 Å². The van der Waals surface area contributed by atoms with Crippen molar-refractivity contribution in [1.82, 2.24) is 14.9 Å². The van der Waals surface area contributed by atoms with Gasteiger partial charge in [0.05, 0.1) is 35.2 Å². The molecule has 0 saturated carbocycles. The molecule has 5 rings (SSSR count). The van der Waals surface area contributed by atoms with Crippen molar-refractivity contribution in [3.05, 3.63) is 124 Å². The number of Topliss-reactive ketones (excluding diaryl/α,β-unsaturated/α-hetero) is 1. The van der Waals surface area contributed by atoms with Gasteiger partial charge in [-0.1, -0.05) is 42.1 Å². The van der Waals surface area contributed by atoms with Crippen molar-refractivity contribution in [2.75, 3.05) is 5.75 Å². The number of hydrogen-bond acceptors (Lipinski definition) is 6. The third-order valence-electron chi connectivity index (χ3n) is 5.62. The van der Waals surface area contributed by atoms with Gasteiger partial charge in [-0.2, -0.15) is 0 Å². The normalized spacial score (nSPS) is 10.9. The summed E-state index contributed by atoms with van der Waals surface area (Å²) in [4.78, 5) is 43.6. The Morgan fingerprint density at radius 3 is 2.46 bits per heavy atom. The molecule has 0 spiro atoms. The van der Waals surface area contributed by atoms with Crippen LogP contribution < -0.4 is 10.9 Å². The van der Waals surface area contributed by atoms with Gasteiger partial charge in [-0.05, 0) is 54.6 Å². The Bertz CT molecular complexity index is 1630. The summed E-state index contributed by atoms with van der Waals surface area (Å²) in [6.07, 6.45) is 1.52. The van der Waals surface area contributed by atoms with Crippen LogP contribution in [0.4, 0.5) is 4.39 Å². The lowest BCUT2D eigenvalue weighted by Crippen LogP contribution is -2.24. The summed E-state index contributed by atoms with van der Waals surface area (Å²) < 4.78 is 20.2. The zero-order chi connectivity index (χ0) is 25.8. The van der Waals surface area contributed by atoms with Gasteiger partial charge in [0, 0.05) is 11.1 Å². The maximum Gasteiger partial charge on any atom is 0.266 e. The molecular formula is C28H20FN3O4S. The minimum atomic E-state index is -0.441. The third kappa shape index (κ3) is 5.36. The zero-order valence-corrected chi connectivity index (χ0v) is 20.2. The molecule has 0 saturated heterocycles. The molecule has 1 amide bonds. The smallest absolute Gasteiger partial charge is 0.266 e. The summed E-state index contributed by atoms with van der Waals surface area (Å²) in [5, 5.41) is 3.30.